The average molecular weight is 537 g/mol. The van der Waals surface area contributed by atoms with E-state index in [4.69, 9.17) is 28.4 Å². The van der Waals surface area contributed by atoms with E-state index in [1.165, 1.54) is 5.56 Å². The molecule has 2 atom stereocenters. The molecule has 0 spiro atoms. The fraction of sp³-hybridized carbons (Fsp3) is 0.235. The van der Waals surface area contributed by atoms with Crippen molar-refractivity contribution in [3.05, 3.63) is 95.1 Å². The Kier molecular flexibility index (Phi) is 6.54. The first kappa shape index (κ1) is 25.7. The lowest BCUT2D eigenvalue weighted by Crippen LogP contribution is -2.10. The molecule has 0 aliphatic heterocycles. The van der Waals surface area contributed by atoms with Crippen molar-refractivity contribution < 1.29 is 28.4 Å². The zero-order valence-electron chi connectivity index (χ0n) is 23.5. The number of hydrogen-bond acceptors (Lipinski definition) is 6. The van der Waals surface area contributed by atoms with E-state index in [1.54, 1.807) is 42.7 Å². The molecule has 6 nitrogen and oxygen atoms in total. The van der Waals surface area contributed by atoms with E-state index in [-0.39, 0.29) is 11.8 Å². The molecule has 0 aromatic heterocycles. The van der Waals surface area contributed by atoms with Crippen LogP contribution in [0, 0.1) is 0 Å². The molecular formula is C34H32O6. The van der Waals surface area contributed by atoms with E-state index in [0.717, 1.165) is 72.7 Å². The van der Waals surface area contributed by atoms with Gasteiger partial charge in [0.25, 0.3) is 0 Å². The van der Waals surface area contributed by atoms with Crippen molar-refractivity contribution in [2.45, 2.75) is 11.8 Å². The van der Waals surface area contributed by atoms with Gasteiger partial charge in [-0.05, 0) is 75.3 Å². The molecule has 0 saturated heterocycles. The van der Waals surface area contributed by atoms with Gasteiger partial charge in [0, 0.05) is 34.9 Å². The van der Waals surface area contributed by atoms with E-state index < -0.39 is 0 Å². The van der Waals surface area contributed by atoms with Gasteiger partial charge < -0.3 is 28.4 Å². The second-order valence-electron chi connectivity index (χ2n) is 9.87. The molecule has 0 bridgehead atoms. The van der Waals surface area contributed by atoms with Crippen LogP contribution in [-0.2, 0) is 0 Å². The van der Waals surface area contributed by atoms with Crippen LogP contribution in [0.1, 0.15) is 34.1 Å². The van der Waals surface area contributed by atoms with Crippen molar-refractivity contribution >= 4 is 21.5 Å². The number of rotatable bonds is 8. The van der Waals surface area contributed by atoms with Crippen LogP contribution in [0.3, 0.4) is 0 Å². The third-order valence-corrected chi connectivity index (χ3v) is 8.05. The minimum absolute atomic E-state index is 0.0533. The SMILES string of the molecule is COc1ccc([C@H]2c3c(OC)cc(OC)c4c3c(cc3ccc(OC)cc34)[C@H]2c2cc(OC)cc(OC)c2)cc1. The Morgan fingerprint density at radius 1 is 0.450 bits per heavy atom. The number of ether oxygens (including phenoxy) is 6. The summed E-state index contributed by atoms with van der Waals surface area (Å²) in [6.45, 7) is 0. The second-order valence-corrected chi connectivity index (χ2v) is 9.87. The zero-order valence-corrected chi connectivity index (χ0v) is 23.5. The third kappa shape index (κ3) is 3.94. The van der Waals surface area contributed by atoms with Crippen LogP contribution in [0.15, 0.2) is 72.8 Å². The smallest absolute Gasteiger partial charge is 0.131 e. The number of fused-ring (bicyclic) bond motifs is 2. The van der Waals surface area contributed by atoms with Gasteiger partial charge >= 0.3 is 0 Å². The Bertz CT molecular complexity index is 1700. The highest BCUT2D eigenvalue weighted by atomic mass is 16.5. The van der Waals surface area contributed by atoms with Gasteiger partial charge in [-0.15, -0.1) is 0 Å². The van der Waals surface area contributed by atoms with Crippen molar-refractivity contribution in [1.82, 2.24) is 0 Å². The maximum atomic E-state index is 6.07. The van der Waals surface area contributed by atoms with E-state index in [9.17, 15) is 0 Å². The van der Waals surface area contributed by atoms with Crippen LogP contribution < -0.4 is 28.4 Å². The summed E-state index contributed by atoms with van der Waals surface area (Å²) in [6, 6.07) is 24.9. The fourth-order valence-electron chi connectivity index (χ4n) is 6.24. The molecule has 6 heteroatoms. The van der Waals surface area contributed by atoms with Crippen LogP contribution in [0.4, 0.5) is 0 Å². The molecule has 0 fully saturated rings. The molecule has 0 N–H and O–H groups in total. The van der Waals surface area contributed by atoms with Crippen LogP contribution >= 0.6 is 0 Å². The first-order valence-electron chi connectivity index (χ1n) is 13.1. The standard InChI is InChI=1S/C34H32O6/c1-35-22-10-7-19(8-11-22)31-30(21-13-24(37-3)16-25(14-21)38-4)27-15-20-9-12-23(36-2)17-26(20)32-28(39-5)18-29(40-6)34(31)33(27)32/h7-18,30-31H,1-6H3/t30-,31-/m1/s1. The minimum atomic E-state index is -0.0558. The van der Waals surface area contributed by atoms with Gasteiger partial charge in [0.15, 0.2) is 0 Å². The topological polar surface area (TPSA) is 55.4 Å². The lowest BCUT2D eigenvalue weighted by molar-refractivity contribution is 0.391. The van der Waals surface area contributed by atoms with Gasteiger partial charge in [-0.2, -0.15) is 0 Å². The molecule has 0 unspecified atom stereocenters. The first-order chi connectivity index (χ1) is 19.5. The van der Waals surface area contributed by atoms with Crippen molar-refractivity contribution in [2.24, 2.45) is 0 Å². The van der Waals surface area contributed by atoms with Gasteiger partial charge in [0.05, 0.1) is 42.7 Å². The Balaban J connectivity index is 1.76. The van der Waals surface area contributed by atoms with Crippen molar-refractivity contribution in [2.75, 3.05) is 42.7 Å². The van der Waals surface area contributed by atoms with Crippen molar-refractivity contribution in [1.29, 1.82) is 0 Å². The third-order valence-electron chi connectivity index (χ3n) is 8.05. The van der Waals surface area contributed by atoms with Gasteiger partial charge in [0.1, 0.15) is 34.5 Å². The molecule has 5 aromatic rings. The Labute approximate surface area is 234 Å². The summed E-state index contributed by atoms with van der Waals surface area (Å²) < 4.78 is 34.6. The highest BCUT2D eigenvalue weighted by Gasteiger charge is 2.41. The average Bonchev–Trinajstić information content (AvgIpc) is 3.35. The first-order valence-corrected chi connectivity index (χ1v) is 13.1. The van der Waals surface area contributed by atoms with E-state index in [1.807, 2.05) is 30.3 Å². The fourth-order valence-corrected chi connectivity index (χ4v) is 6.24. The molecule has 6 rings (SSSR count). The maximum Gasteiger partial charge on any atom is 0.131 e. The Morgan fingerprint density at radius 2 is 1.07 bits per heavy atom. The molecule has 0 saturated carbocycles. The van der Waals surface area contributed by atoms with Gasteiger partial charge in [-0.25, -0.2) is 0 Å². The molecule has 40 heavy (non-hydrogen) atoms. The van der Waals surface area contributed by atoms with Crippen LogP contribution in [0.5, 0.6) is 34.5 Å². The van der Waals surface area contributed by atoms with Gasteiger partial charge in [-0.3, -0.25) is 0 Å². The summed E-state index contributed by atoms with van der Waals surface area (Å²) in [7, 11) is 10.1. The molecule has 1 aliphatic carbocycles. The quantitative estimate of drug-likeness (QED) is 0.194. The van der Waals surface area contributed by atoms with Crippen molar-refractivity contribution in [3.8, 4) is 34.5 Å². The lowest BCUT2D eigenvalue weighted by Gasteiger charge is -2.25. The van der Waals surface area contributed by atoms with Crippen LogP contribution in [0.2, 0.25) is 0 Å². The van der Waals surface area contributed by atoms with E-state index >= 15 is 0 Å². The summed E-state index contributed by atoms with van der Waals surface area (Å²) in [5, 5.41) is 4.34. The van der Waals surface area contributed by atoms with Crippen LogP contribution in [0.25, 0.3) is 21.5 Å². The summed E-state index contributed by atoms with van der Waals surface area (Å²) in [5.74, 6) is 4.51. The highest BCUT2D eigenvalue weighted by molar-refractivity contribution is 6.15. The molecule has 204 valence electrons. The second kappa shape index (κ2) is 10.2. The monoisotopic (exact) mass is 536 g/mol. The number of hydrogen-bond donors (Lipinski definition) is 0. The summed E-state index contributed by atoms with van der Waals surface area (Å²) in [6.07, 6.45) is 0. The zero-order chi connectivity index (χ0) is 28.0. The molecule has 5 aromatic carbocycles. The lowest BCUT2D eigenvalue weighted by atomic mass is 9.79. The maximum absolute atomic E-state index is 6.07. The normalized spacial score (nSPS) is 15.8. The number of methoxy groups -OCH3 is 6. The molecule has 1 aliphatic rings. The predicted molar refractivity (Wildman–Crippen MR) is 157 cm³/mol. The molecular weight excluding hydrogens is 504 g/mol. The highest BCUT2D eigenvalue weighted by Crippen LogP contribution is 2.59. The molecule has 0 amide bonds. The summed E-state index contributed by atoms with van der Waals surface area (Å²) in [4.78, 5) is 0. The molecule has 0 radical (unpaired) electrons. The Hall–Kier alpha value is -4.58. The predicted octanol–water partition coefficient (Wildman–Crippen LogP) is 7.32. The van der Waals surface area contributed by atoms with E-state index in [0.29, 0.717) is 0 Å². The van der Waals surface area contributed by atoms with E-state index in [2.05, 4.69) is 42.5 Å². The number of benzene rings is 5. The largest absolute Gasteiger partial charge is 0.497 e. The summed E-state index contributed by atoms with van der Waals surface area (Å²) in [5.41, 5.74) is 4.55. The minimum Gasteiger partial charge on any atom is -0.497 e. The van der Waals surface area contributed by atoms with Gasteiger partial charge in [0.2, 0.25) is 0 Å². The van der Waals surface area contributed by atoms with Crippen LogP contribution in [-0.4, -0.2) is 42.7 Å². The molecule has 0 heterocycles. The van der Waals surface area contributed by atoms with Gasteiger partial charge in [-0.1, -0.05) is 18.2 Å². The summed E-state index contributed by atoms with van der Waals surface area (Å²) >= 11 is 0. The van der Waals surface area contributed by atoms with Crippen molar-refractivity contribution in [3.63, 3.8) is 0 Å². The Morgan fingerprint density at radius 3 is 1.68 bits per heavy atom.